The van der Waals surface area contributed by atoms with Gasteiger partial charge in [0.1, 0.15) is 11.6 Å². The van der Waals surface area contributed by atoms with Crippen molar-refractivity contribution in [3.63, 3.8) is 0 Å². The van der Waals surface area contributed by atoms with E-state index in [9.17, 15) is 5.11 Å². The first-order chi connectivity index (χ1) is 13.9. The largest absolute Gasteiger partial charge is 0.396 e. The smallest absolute Gasteiger partial charge is 0.150 e. The lowest BCUT2D eigenvalue weighted by atomic mass is 10.0. The normalized spacial score (nSPS) is 14.6. The Morgan fingerprint density at radius 3 is 2.41 bits per heavy atom. The first-order valence-electron chi connectivity index (χ1n) is 10.1. The molecule has 2 aromatic heterocycles. The van der Waals surface area contributed by atoms with Crippen LogP contribution in [0.4, 0.5) is 5.82 Å². The average molecular weight is 455 g/mol. The number of halogens is 1. The quantitative estimate of drug-likeness (QED) is 0.567. The maximum atomic E-state index is 9.20. The van der Waals surface area contributed by atoms with E-state index in [1.54, 1.807) is 0 Å². The molecule has 29 heavy (non-hydrogen) atoms. The van der Waals surface area contributed by atoms with Gasteiger partial charge >= 0.3 is 0 Å². The van der Waals surface area contributed by atoms with E-state index < -0.39 is 0 Å². The monoisotopic (exact) mass is 454 g/mol. The molecule has 0 saturated carbocycles. The molecule has 4 rings (SSSR count). The van der Waals surface area contributed by atoms with Crippen LogP contribution in [0.25, 0.3) is 16.7 Å². The van der Waals surface area contributed by atoms with E-state index in [4.69, 9.17) is 9.97 Å². The Hall–Kier alpha value is -2.18. The van der Waals surface area contributed by atoms with Crippen molar-refractivity contribution in [2.24, 2.45) is 0 Å². The highest BCUT2D eigenvalue weighted by Crippen LogP contribution is 2.33. The van der Waals surface area contributed by atoms with Crippen LogP contribution in [0.1, 0.15) is 35.4 Å². The van der Waals surface area contributed by atoms with Gasteiger partial charge < -0.3 is 14.6 Å². The minimum absolute atomic E-state index is 0.219. The van der Waals surface area contributed by atoms with Gasteiger partial charge in [-0.25, -0.2) is 9.97 Å². The molecule has 1 N–H and O–H groups in total. The number of aryl methyl sites for hydroxylation is 4. The lowest BCUT2D eigenvalue weighted by Gasteiger charge is -2.28. The fourth-order valence-corrected chi connectivity index (χ4v) is 4.38. The van der Waals surface area contributed by atoms with Crippen LogP contribution in [0.3, 0.4) is 0 Å². The molecule has 1 aliphatic rings. The number of hydrogen-bond donors (Lipinski definition) is 1. The predicted octanol–water partition coefficient (Wildman–Crippen LogP) is 4.94. The summed E-state index contributed by atoms with van der Waals surface area (Å²) in [4.78, 5) is 12.0. The number of fused-ring (bicyclic) bond motifs is 1. The molecule has 0 radical (unpaired) electrons. The Morgan fingerprint density at radius 2 is 1.79 bits per heavy atom. The molecule has 0 fully saturated rings. The highest BCUT2D eigenvalue weighted by atomic mass is 79.9. The van der Waals surface area contributed by atoms with Crippen LogP contribution in [0.5, 0.6) is 0 Å². The molecule has 3 aromatic rings. The molecule has 152 valence electrons. The third-order valence-electron chi connectivity index (χ3n) is 5.66. The van der Waals surface area contributed by atoms with Crippen LogP contribution in [-0.4, -0.2) is 39.3 Å². The Morgan fingerprint density at radius 1 is 1.07 bits per heavy atom. The van der Waals surface area contributed by atoms with E-state index in [2.05, 4.69) is 70.6 Å². The van der Waals surface area contributed by atoms with E-state index in [1.165, 1.54) is 22.3 Å². The minimum atomic E-state index is 0.219. The summed E-state index contributed by atoms with van der Waals surface area (Å²) in [5.74, 6) is 1.79. The second-order valence-corrected chi connectivity index (χ2v) is 8.69. The molecule has 0 bridgehead atoms. The third kappa shape index (κ3) is 3.71. The van der Waals surface area contributed by atoms with Gasteiger partial charge in [-0.05, 0) is 69.4 Å². The van der Waals surface area contributed by atoms with E-state index in [0.29, 0.717) is 0 Å². The zero-order valence-corrected chi connectivity index (χ0v) is 19.0. The first kappa shape index (κ1) is 20.1. The minimum Gasteiger partial charge on any atom is -0.396 e. The number of anilines is 1. The zero-order valence-electron chi connectivity index (χ0n) is 17.5. The number of nitrogens with zero attached hydrogens (tertiary/aromatic N) is 4. The molecule has 0 amide bonds. The van der Waals surface area contributed by atoms with Crippen molar-refractivity contribution >= 4 is 32.8 Å². The van der Waals surface area contributed by atoms with Crippen LogP contribution in [0.15, 0.2) is 34.5 Å². The van der Waals surface area contributed by atoms with Gasteiger partial charge in [0, 0.05) is 36.1 Å². The molecule has 1 aliphatic heterocycles. The Balaban J connectivity index is 1.84. The van der Waals surface area contributed by atoms with Gasteiger partial charge in [0.05, 0.1) is 5.39 Å². The summed E-state index contributed by atoms with van der Waals surface area (Å²) < 4.78 is 3.34. The lowest BCUT2D eigenvalue weighted by Crippen LogP contribution is -2.30. The fraction of sp³-hybridized carbons (Fsp3) is 0.391. The maximum Gasteiger partial charge on any atom is 0.150 e. The van der Waals surface area contributed by atoms with Crippen LogP contribution < -0.4 is 4.90 Å². The zero-order chi connectivity index (χ0) is 20.7. The molecule has 5 nitrogen and oxygen atoms in total. The molecule has 1 aromatic carbocycles. The molecule has 0 spiro atoms. The first-order valence-corrected chi connectivity index (χ1v) is 10.9. The Bertz CT molecular complexity index is 1090. The summed E-state index contributed by atoms with van der Waals surface area (Å²) in [6.45, 7) is 10.3. The number of rotatable bonds is 4. The van der Waals surface area contributed by atoms with Crippen LogP contribution in [0, 0.1) is 27.7 Å². The van der Waals surface area contributed by atoms with Gasteiger partial charge in [-0.2, -0.15) is 0 Å². The topological polar surface area (TPSA) is 54.2 Å². The Kier molecular flexibility index (Phi) is 5.49. The lowest BCUT2D eigenvalue weighted by molar-refractivity contribution is 0.297. The van der Waals surface area contributed by atoms with Crippen LogP contribution >= 0.6 is 15.9 Å². The highest BCUT2D eigenvalue weighted by Gasteiger charge is 2.21. The van der Waals surface area contributed by atoms with Crippen LogP contribution in [-0.2, 0) is 0 Å². The Labute approximate surface area is 180 Å². The number of aliphatic hydroxyl groups is 1. The number of aliphatic hydroxyl groups excluding tert-OH is 1. The van der Waals surface area contributed by atoms with E-state index in [0.717, 1.165) is 58.8 Å². The van der Waals surface area contributed by atoms with Gasteiger partial charge in [0.2, 0.25) is 0 Å². The molecule has 0 unspecified atom stereocenters. The van der Waals surface area contributed by atoms with E-state index in [-0.39, 0.29) is 6.61 Å². The SMILES string of the molecule is Cc1nc(N2CC=C(CCO)CC2)c2c(C)cn(-c3cc(C)c(Br)c(C)c3)c2n1. The van der Waals surface area contributed by atoms with Crippen molar-refractivity contribution < 1.29 is 5.11 Å². The molecule has 0 atom stereocenters. The van der Waals surface area contributed by atoms with Gasteiger partial charge in [0.15, 0.2) is 5.65 Å². The summed E-state index contributed by atoms with van der Waals surface area (Å²) in [5, 5.41) is 10.3. The predicted molar refractivity (Wildman–Crippen MR) is 122 cm³/mol. The summed E-state index contributed by atoms with van der Waals surface area (Å²) in [6.07, 6.45) is 6.14. The average Bonchev–Trinajstić information content (AvgIpc) is 3.02. The fourth-order valence-electron chi connectivity index (χ4n) is 4.15. The van der Waals surface area contributed by atoms with Gasteiger partial charge in [0.25, 0.3) is 0 Å². The number of benzene rings is 1. The van der Waals surface area contributed by atoms with Crippen molar-refractivity contribution in [3.8, 4) is 5.69 Å². The van der Waals surface area contributed by atoms with Crippen molar-refractivity contribution in [1.29, 1.82) is 0 Å². The number of aromatic nitrogens is 3. The van der Waals surface area contributed by atoms with Gasteiger partial charge in [-0.3, -0.25) is 0 Å². The standard InChI is InChI=1S/C23H27BrN4O/c1-14-11-19(12-15(2)21(14)24)28-13-16(3)20-22(25-17(4)26-23(20)28)27-8-5-18(6-9-27)7-10-29/h5,11-13,29H,6-10H2,1-4H3. The maximum absolute atomic E-state index is 9.20. The summed E-state index contributed by atoms with van der Waals surface area (Å²) in [5.41, 5.74) is 7.01. The molecule has 0 aliphatic carbocycles. The summed E-state index contributed by atoms with van der Waals surface area (Å²) >= 11 is 3.67. The van der Waals surface area contributed by atoms with Crippen molar-refractivity contribution in [2.75, 3.05) is 24.6 Å². The number of hydrogen-bond acceptors (Lipinski definition) is 4. The second kappa shape index (κ2) is 7.92. The van der Waals surface area contributed by atoms with Gasteiger partial charge in [-0.1, -0.05) is 27.6 Å². The van der Waals surface area contributed by atoms with E-state index >= 15 is 0 Å². The summed E-state index contributed by atoms with van der Waals surface area (Å²) in [7, 11) is 0. The highest BCUT2D eigenvalue weighted by molar-refractivity contribution is 9.10. The van der Waals surface area contributed by atoms with Crippen molar-refractivity contribution in [1.82, 2.24) is 14.5 Å². The third-order valence-corrected chi connectivity index (χ3v) is 6.91. The van der Waals surface area contributed by atoms with Crippen molar-refractivity contribution in [3.05, 3.63) is 57.0 Å². The van der Waals surface area contributed by atoms with Crippen LogP contribution in [0.2, 0.25) is 0 Å². The second-order valence-electron chi connectivity index (χ2n) is 7.90. The molecule has 0 saturated heterocycles. The van der Waals surface area contributed by atoms with Gasteiger partial charge in [-0.15, -0.1) is 0 Å². The molecule has 6 heteroatoms. The summed E-state index contributed by atoms with van der Waals surface area (Å²) in [6, 6.07) is 4.38. The molecule has 3 heterocycles. The molecular weight excluding hydrogens is 428 g/mol. The van der Waals surface area contributed by atoms with Crippen molar-refractivity contribution in [2.45, 2.75) is 40.5 Å². The van der Waals surface area contributed by atoms with E-state index in [1.807, 2.05) is 6.92 Å². The molecular formula is C23H27BrN4O.